The fourth-order valence-corrected chi connectivity index (χ4v) is 3.34. The van der Waals surface area contributed by atoms with Crippen molar-refractivity contribution in [1.82, 2.24) is 10.6 Å². The second-order valence-corrected chi connectivity index (χ2v) is 7.48. The predicted octanol–water partition coefficient (Wildman–Crippen LogP) is 3.52. The monoisotopic (exact) mass is 316 g/mol. The molecule has 1 aromatic rings. The Morgan fingerprint density at radius 1 is 1.26 bits per heavy atom. The maximum absolute atomic E-state index is 12.1. The fourth-order valence-electron chi connectivity index (χ4n) is 3.34. The van der Waals surface area contributed by atoms with Crippen molar-refractivity contribution >= 4 is 6.03 Å². The molecule has 126 valence electrons. The molecule has 2 aliphatic rings. The molecule has 1 saturated carbocycles. The van der Waals surface area contributed by atoms with E-state index in [1.165, 1.54) is 24.0 Å². The van der Waals surface area contributed by atoms with E-state index in [-0.39, 0.29) is 17.5 Å². The van der Waals surface area contributed by atoms with E-state index in [0.717, 1.165) is 25.4 Å². The summed E-state index contributed by atoms with van der Waals surface area (Å²) >= 11 is 0. The number of nitrogens with one attached hydrogen (secondary N) is 2. The summed E-state index contributed by atoms with van der Waals surface area (Å²) in [5, 5.41) is 6.02. The Morgan fingerprint density at radius 2 is 2.04 bits per heavy atom. The molecule has 0 radical (unpaired) electrons. The van der Waals surface area contributed by atoms with Crippen LogP contribution in [0, 0.1) is 5.92 Å². The number of carbonyl (C=O) groups is 1. The van der Waals surface area contributed by atoms with Gasteiger partial charge in [-0.15, -0.1) is 0 Å². The first-order valence-corrected chi connectivity index (χ1v) is 8.78. The summed E-state index contributed by atoms with van der Waals surface area (Å²) in [4.78, 5) is 12.1. The van der Waals surface area contributed by atoms with Crippen molar-refractivity contribution in [2.45, 2.75) is 51.0 Å². The first-order chi connectivity index (χ1) is 11.1. The molecule has 4 nitrogen and oxygen atoms in total. The molecule has 1 fully saturated rings. The summed E-state index contributed by atoms with van der Waals surface area (Å²) in [7, 11) is 0. The quantitative estimate of drug-likeness (QED) is 0.789. The third-order valence-electron chi connectivity index (χ3n) is 5.01. The number of amides is 2. The molecule has 0 saturated heterocycles. The van der Waals surface area contributed by atoms with Crippen molar-refractivity contribution in [3.05, 3.63) is 35.4 Å². The van der Waals surface area contributed by atoms with Crippen LogP contribution in [-0.2, 0) is 10.2 Å². The van der Waals surface area contributed by atoms with Crippen molar-refractivity contribution in [1.29, 1.82) is 0 Å². The van der Waals surface area contributed by atoms with Crippen LogP contribution in [0.3, 0.4) is 0 Å². The van der Waals surface area contributed by atoms with Crippen molar-refractivity contribution in [2.75, 3.05) is 19.8 Å². The molecule has 2 N–H and O–H groups in total. The first kappa shape index (κ1) is 16.3. The number of ether oxygens (including phenoxy) is 1. The van der Waals surface area contributed by atoms with Crippen molar-refractivity contribution in [3.8, 4) is 0 Å². The normalized spacial score (nSPS) is 22.3. The molecule has 23 heavy (non-hydrogen) atoms. The number of carbonyl (C=O) groups excluding carboxylic acids is 1. The third-order valence-corrected chi connectivity index (χ3v) is 5.01. The van der Waals surface area contributed by atoms with Gasteiger partial charge >= 0.3 is 6.03 Å². The highest BCUT2D eigenvalue weighted by molar-refractivity contribution is 5.74. The Morgan fingerprint density at radius 3 is 2.83 bits per heavy atom. The van der Waals surface area contributed by atoms with Gasteiger partial charge in [0.05, 0.1) is 12.6 Å². The van der Waals surface area contributed by atoms with E-state index in [9.17, 15) is 4.79 Å². The Hall–Kier alpha value is -1.55. The van der Waals surface area contributed by atoms with E-state index in [1.54, 1.807) is 0 Å². The molecule has 3 rings (SSSR count). The Labute approximate surface area is 139 Å². The maximum Gasteiger partial charge on any atom is 0.315 e. The van der Waals surface area contributed by atoms with Gasteiger partial charge in [0.1, 0.15) is 0 Å². The van der Waals surface area contributed by atoms with Crippen LogP contribution >= 0.6 is 0 Å². The predicted molar refractivity (Wildman–Crippen MR) is 91.5 cm³/mol. The zero-order valence-electron chi connectivity index (χ0n) is 14.2. The Kier molecular flexibility index (Phi) is 4.90. The second-order valence-electron chi connectivity index (χ2n) is 7.48. The SMILES string of the molecule is CC1(C)CCC(NC(=O)NCCOCC2CC2)c2ccccc21. The maximum atomic E-state index is 12.1. The molecule has 0 spiro atoms. The van der Waals surface area contributed by atoms with Gasteiger partial charge in [-0.2, -0.15) is 0 Å². The zero-order chi connectivity index (χ0) is 16.3. The lowest BCUT2D eigenvalue weighted by atomic mass is 9.71. The minimum Gasteiger partial charge on any atom is -0.379 e. The number of hydrogen-bond donors (Lipinski definition) is 2. The molecule has 1 unspecified atom stereocenters. The first-order valence-electron chi connectivity index (χ1n) is 8.78. The standard InChI is InChI=1S/C19H28N2O2/c1-19(2)10-9-17(15-5-3-4-6-16(15)19)21-18(22)20-11-12-23-13-14-7-8-14/h3-6,14,17H,7-13H2,1-2H3,(H2,20,21,22). The van der Waals surface area contributed by atoms with Gasteiger partial charge in [0.2, 0.25) is 0 Å². The average Bonchev–Trinajstić information content (AvgIpc) is 3.34. The summed E-state index contributed by atoms with van der Waals surface area (Å²) in [5.41, 5.74) is 2.79. The molecule has 4 heteroatoms. The summed E-state index contributed by atoms with van der Waals surface area (Å²) < 4.78 is 5.54. The Bertz CT molecular complexity index is 552. The third kappa shape index (κ3) is 4.25. The number of rotatable bonds is 6. The molecule has 2 aliphatic carbocycles. The Balaban J connectivity index is 1.48. The van der Waals surface area contributed by atoms with Crippen LogP contribution in [0.4, 0.5) is 4.79 Å². The van der Waals surface area contributed by atoms with Gasteiger partial charge in [-0.25, -0.2) is 4.79 Å². The van der Waals surface area contributed by atoms with Gasteiger partial charge in [-0.05, 0) is 48.1 Å². The average molecular weight is 316 g/mol. The van der Waals surface area contributed by atoms with Gasteiger partial charge in [0.15, 0.2) is 0 Å². The lowest BCUT2D eigenvalue weighted by Gasteiger charge is -2.37. The fraction of sp³-hybridized carbons (Fsp3) is 0.632. The van der Waals surface area contributed by atoms with Crippen LogP contribution in [0.1, 0.15) is 56.7 Å². The van der Waals surface area contributed by atoms with Crippen LogP contribution in [0.2, 0.25) is 0 Å². The highest BCUT2D eigenvalue weighted by Crippen LogP contribution is 2.41. The second kappa shape index (κ2) is 6.91. The minimum absolute atomic E-state index is 0.0977. The molecular weight excluding hydrogens is 288 g/mol. The van der Waals surface area contributed by atoms with Crippen LogP contribution in [0.15, 0.2) is 24.3 Å². The molecule has 1 aromatic carbocycles. The van der Waals surface area contributed by atoms with Gasteiger partial charge in [0.25, 0.3) is 0 Å². The van der Waals surface area contributed by atoms with E-state index in [2.05, 4.69) is 48.7 Å². The summed E-state index contributed by atoms with van der Waals surface area (Å²) in [6, 6.07) is 8.47. The molecule has 1 atom stereocenters. The van der Waals surface area contributed by atoms with Crippen LogP contribution in [0.25, 0.3) is 0 Å². The van der Waals surface area contributed by atoms with Crippen molar-refractivity contribution in [3.63, 3.8) is 0 Å². The van der Waals surface area contributed by atoms with E-state index in [0.29, 0.717) is 13.2 Å². The zero-order valence-corrected chi connectivity index (χ0v) is 14.2. The van der Waals surface area contributed by atoms with Gasteiger partial charge in [0, 0.05) is 13.2 Å². The highest BCUT2D eigenvalue weighted by Gasteiger charge is 2.32. The molecule has 0 aliphatic heterocycles. The molecule has 2 amide bonds. The van der Waals surface area contributed by atoms with E-state index < -0.39 is 0 Å². The van der Waals surface area contributed by atoms with Crippen LogP contribution in [-0.4, -0.2) is 25.8 Å². The smallest absolute Gasteiger partial charge is 0.315 e. The highest BCUT2D eigenvalue weighted by atomic mass is 16.5. The van der Waals surface area contributed by atoms with E-state index in [1.807, 2.05) is 0 Å². The lowest BCUT2D eigenvalue weighted by molar-refractivity contribution is 0.126. The van der Waals surface area contributed by atoms with E-state index in [4.69, 9.17) is 4.74 Å². The summed E-state index contributed by atoms with van der Waals surface area (Å²) in [6.07, 6.45) is 4.66. The van der Waals surface area contributed by atoms with Crippen molar-refractivity contribution < 1.29 is 9.53 Å². The number of urea groups is 1. The summed E-state index contributed by atoms with van der Waals surface area (Å²) in [6.45, 7) is 6.56. The minimum atomic E-state index is -0.0977. The molecule has 0 heterocycles. The number of fused-ring (bicyclic) bond motifs is 1. The molecular formula is C19H28N2O2. The van der Waals surface area contributed by atoms with Gasteiger partial charge in [-0.1, -0.05) is 38.1 Å². The number of benzene rings is 1. The van der Waals surface area contributed by atoms with Gasteiger partial charge < -0.3 is 15.4 Å². The molecule has 0 bridgehead atoms. The largest absolute Gasteiger partial charge is 0.379 e. The van der Waals surface area contributed by atoms with Crippen LogP contribution < -0.4 is 10.6 Å². The van der Waals surface area contributed by atoms with E-state index >= 15 is 0 Å². The lowest BCUT2D eigenvalue weighted by Crippen LogP contribution is -2.42. The van der Waals surface area contributed by atoms with Crippen molar-refractivity contribution in [2.24, 2.45) is 5.92 Å². The van der Waals surface area contributed by atoms with Gasteiger partial charge in [-0.3, -0.25) is 0 Å². The van der Waals surface area contributed by atoms with Crippen LogP contribution in [0.5, 0.6) is 0 Å². The topological polar surface area (TPSA) is 50.4 Å². The molecule has 0 aromatic heterocycles. The number of hydrogen-bond acceptors (Lipinski definition) is 2. The summed E-state index contributed by atoms with van der Waals surface area (Å²) in [5.74, 6) is 0.769.